The van der Waals surface area contributed by atoms with Crippen molar-refractivity contribution in [1.82, 2.24) is 0 Å². The summed E-state index contributed by atoms with van der Waals surface area (Å²) in [4.78, 5) is 11.4. The Bertz CT molecular complexity index is 553. The standard InChI is InChI=1S/C17H20N2O2/c1-21-13-17(20)19-16-9-7-15(8-10-16)18-12-11-14-5-3-2-4-6-14/h2-10,18H,11-13H2,1H3,(H,19,20). The zero-order valence-electron chi connectivity index (χ0n) is 12.1. The first-order chi connectivity index (χ1) is 10.3. The quantitative estimate of drug-likeness (QED) is 0.822. The Kier molecular flexibility index (Phi) is 5.79. The maximum absolute atomic E-state index is 11.4. The zero-order valence-corrected chi connectivity index (χ0v) is 12.1. The van der Waals surface area contributed by atoms with Crippen molar-refractivity contribution >= 4 is 17.3 Å². The van der Waals surface area contributed by atoms with E-state index in [2.05, 4.69) is 22.8 Å². The second-order valence-corrected chi connectivity index (χ2v) is 4.72. The number of amides is 1. The summed E-state index contributed by atoms with van der Waals surface area (Å²) in [5, 5.41) is 6.12. The van der Waals surface area contributed by atoms with E-state index in [-0.39, 0.29) is 12.5 Å². The number of hydrogen-bond acceptors (Lipinski definition) is 3. The molecule has 1 amide bonds. The van der Waals surface area contributed by atoms with Gasteiger partial charge >= 0.3 is 0 Å². The highest BCUT2D eigenvalue weighted by Crippen LogP contribution is 2.13. The van der Waals surface area contributed by atoms with Crippen molar-refractivity contribution in [2.24, 2.45) is 0 Å². The summed E-state index contributed by atoms with van der Waals surface area (Å²) in [7, 11) is 1.50. The molecule has 0 aliphatic heterocycles. The van der Waals surface area contributed by atoms with Crippen molar-refractivity contribution in [2.45, 2.75) is 6.42 Å². The number of carbonyl (C=O) groups is 1. The van der Waals surface area contributed by atoms with E-state index in [1.165, 1.54) is 12.7 Å². The predicted molar refractivity (Wildman–Crippen MR) is 85.6 cm³/mol. The lowest BCUT2D eigenvalue weighted by Gasteiger charge is -2.08. The van der Waals surface area contributed by atoms with E-state index in [1.54, 1.807) is 0 Å². The molecule has 21 heavy (non-hydrogen) atoms. The molecule has 0 aromatic heterocycles. The van der Waals surface area contributed by atoms with Gasteiger partial charge in [-0.05, 0) is 36.2 Å². The molecule has 4 nitrogen and oxygen atoms in total. The molecule has 0 heterocycles. The van der Waals surface area contributed by atoms with Gasteiger partial charge in [-0.1, -0.05) is 30.3 Å². The molecular formula is C17H20N2O2. The van der Waals surface area contributed by atoms with Crippen LogP contribution in [0, 0.1) is 0 Å². The number of anilines is 2. The second-order valence-electron chi connectivity index (χ2n) is 4.72. The monoisotopic (exact) mass is 284 g/mol. The van der Waals surface area contributed by atoms with Gasteiger partial charge in [0.25, 0.3) is 0 Å². The van der Waals surface area contributed by atoms with Crippen molar-refractivity contribution in [2.75, 3.05) is 30.9 Å². The van der Waals surface area contributed by atoms with Crippen LogP contribution in [0.5, 0.6) is 0 Å². The number of methoxy groups -OCH3 is 1. The normalized spacial score (nSPS) is 10.1. The van der Waals surface area contributed by atoms with E-state index in [0.29, 0.717) is 0 Å². The van der Waals surface area contributed by atoms with E-state index < -0.39 is 0 Å². The van der Waals surface area contributed by atoms with Gasteiger partial charge in [0.15, 0.2) is 0 Å². The Balaban J connectivity index is 1.78. The molecule has 2 aromatic rings. The molecule has 2 rings (SSSR count). The van der Waals surface area contributed by atoms with Gasteiger partial charge in [-0.25, -0.2) is 0 Å². The van der Waals surface area contributed by atoms with Crippen LogP contribution in [-0.2, 0) is 16.0 Å². The van der Waals surface area contributed by atoms with Crippen molar-refractivity contribution in [3.63, 3.8) is 0 Å². The number of rotatable bonds is 7. The summed E-state index contributed by atoms with van der Waals surface area (Å²) in [5.74, 6) is -0.151. The molecular weight excluding hydrogens is 264 g/mol. The number of hydrogen-bond donors (Lipinski definition) is 2. The molecule has 0 radical (unpaired) electrons. The highest BCUT2D eigenvalue weighted by molar-refractivity contribution is 5.91. The maximum atomic E-state index is 11.4. The molecule has 0 atom stereocenters. The highest BCUT2D eigenvalue weighted by atomic mass is 16.5. The second kappa shape index (κ2) is 8.07. The summed E-state index contributed by atoms with van der Waals surface area (Å²) in [6.07, 6.45) is 0.979. The minimum Gasteiger partial charge on any atom is -0.385 e. The molecule has 0 bridgehead atoms. The number of ether oxygens (including phenoxy) is 1. The fourth-order valence-corrected chi connectivity index (χ4v) is 2.00. The van der Waals surface area contributed by atoms with Gasteiger partial charge in [-0.3, -0.25) is 4.79 Å². The minimum absolute atomic E-state index is 0.0665. The Morgan fingerprint density at radius 1 is 1.00 bits per heavy atom. The summed E-state index contributed by atoms with van der Waals surface area (Å²) in [5.41, 5.74) is 3.12. The SMILES string of the molecule is COCC(=O)Nc1ccc(NCCc2ccccc2)cc1. The first-order valence-electron chi connectivity index (χ1n) is 6.94. The lowest BCUT2D eigenvalue weighted by atomic mass is 10.1. The molecule has 2 N–H and O–H groups in total. The van der Waals surface area contributed by atoms with Crippen LogP contribution in [0.2, 0.25) is 0 Å². The van der Waals surface area contributed by atoms with Crippen LogP contribution in [0.15, 0.2) is 54.6 Å². The van der Waals surface area contributed by atoms with Crippen molar-refractivity contribution in [3.05, 3.63) is 60.2 Å². The summed E-state index contributed by atoms with van der Waals surface area (Å²) in [6, 6.07) is 18.0. The minimum atomic E-state index is -0.151. The molecule has 2 aromatic carbocycles. The zero-order chi connectivity index (χ0) is 14.9. The van der Waals surface area contributed by atoms with Gasteiger partial charge in [0.1, 0.15) is 6.61 Å². The van der Waals surface area contributed by atoms with Gasteiger partial charge in [0.05, 0.1) is 0 Å². The molecule has 4 heteroatoms. The average Bonchev–Trinajstić information content (AvgIpc) is 2.50. The van der Waals surface area contributed by atoms with E-state index in [0.717, 1.165) is 24.3 Å². The molecule has 0 aliphatic rings. The summed E-state index contributed by atoms with van der Waals surface area (Å²) < 4.78 is 4.77. The van der Waals surface area contributed by atoms with Gasteiger partial charge in [-0.2, -0.15) is 0 Å². The third kappa shape index (κ3) is 5.28. The molecule has 0 fully saturated rings. The van der Waals surface area contributed by atoms with Crippen LogP contribution >= 0.6 is 0 Å². The van der Waals surface area contributed by atoms with E-state index in [4.69, 9.17) is 4.74 Å². The smallest absolute Gasteiger partial charge is 0.250 e. The van der Waals surface area contributed by atoms with Crippen molar-refractivity contribution in [1.29, 1.82) is 0 Å². The third-order valence-electron chi connectivity index (χ3n) is 3.03. The van der Waals surface area contributed by atoms with Crippen LogP contribution < -0.4 is 10.6 Å². The summed E-state index contributed by atoms with van der Waals surface area (Å²) >= 11 is 0. The lowest BCUT2D eigenvalue weighted by molar-refractivity contribution is -0.119. The van der Waals surface area contributed by atoms with E-state index >= 15 is 0 Å². The van der Waals surface area contributed by atoms with Crippen LogP contribution in [0.4, 0.5) is 11.4 Å². The average molecular weight is 284 g/mol. The van der Waals surface area contributed by atoms with Gasteiger partial charge < -0.3 is 15.4 Å². The number of benzene rings is 2. The van der Waals surface area contributed by atoms with Crippen LogP contribution in [0.25, 0.3) is 0 Å². The fourth-order valence-electron chi connectivity index (χ4n) is 2.00. The first-order valence-corrected chi connectivity index (χ1v) is 6.94. The molecule has 110 valence electrons. The topological polar surface area (TPSA) is 50.4 Å². The summed E-state index contributed by atoms with van der Waals surface area (Å²) in [6.45, 7) is 0.941. The van der Waals surface area contributed by atoms with E-state index in [1.807, 2.05) is 42.5 Å². The first kappa shape index (κ1) is 15.1. The molecule has 0 aliphatic carbocycles. The number of nitrogens with one attached hydrogen (secondary N) is 2. The van der Waals surface area contributed by atoms with Crippen LogP contribution in [-0.4, -0.2) is 26.2 Å². The molecule has 0 saturated heterocycles. The molecule has 0 saturated carbocycles. The predicted octanol–water partition coefficient (Wildman–Crippen LogP) is 2.93. The van der Waals surface area contributed by atoms with Crippen molar-refractivity contribution in [3.8, 4) is 0 Å². The van der Waals surface area contributed by atoms with Crippen molar-refractivity contribution < 1.29 is 9.53 Å². The Hall–Kier alpha value is -2.33. The number of carbonyl (C=O) groups excluding carboxylic acids is 1. The third-order valence-corrected chi connectivity index (χ3v) is 3.03. The Labute approximate surface area is 125 Å². The van der Waals surface area contributed by atoms with Gasteiger partial charge in [0.2, 0.25) is 5.91 Å². The van der Waals surface area contributed by atoms with Crippen LogP contribution in [0.3, 0.4) is 0 Å². The van der Waals surface area contributed by atoms with E-state index in [9.17, 15) is 4.79 Å². The lowest BCUT2D eigenvalue weighted by Crippen LogP contribution is -2.17. The van der Waals surface area contributed by atoms with Gasteiger partial charge in [0, 0.05) is 25.0 Å². The van der Waals surface area contributed by atoms with Crippen LogP contribution in [0.1, 0.15) is 5.56 Å². The maximum Gasteiger partial charge on any atom is 0.250 e. The molecule has 0 spiro atoms. The Morgan fingerprint density at radius 2 is 1.67 bits per heavy atom. The van der Waals surface area contributed by atoms with Gasteiger partial charge in [-0.15, -0.1) is 0 Å². The highest BCUT2D eigenvalue weighted by Gasteiger charge is 2.01. The molecule has 0 unspecified atom stereocenters. The Morgan fingerprint density at radius 3 is 2.33 bits per heavy atom. The fraction of sp³-hybridized carbons (Fsp3) is 0.235. The largest absolute Gasteiger partial charge is 0.385 e.